The zero-order valence-corrected chi connectivity index (χ0v) is 14.6. The van der Waals surface area contributed by atoms with Gasteiger partial charge in [0, 0.05) is 58.6 Å². The van der Waals surface area contributed by atoms with Crippen LogP contribution in [0, 0.1) is 11.3 Å². The molecule has 1 amide bonds. The number of unbranched alkanes of at least 4 members (excludes halogenated alkanes) is 1. The van der Waals surface area contributed by atoms with Crippen molar-refractivity contribution >= 4 is 5.91 Å². The lowest BCUT2D eigenvalue weighted by molar-refractivity contribution is -0.128. The van der Waals surface area contributed by atoms with Crippen molar-refractivity contribution in [2.75, 3.05) is 52.4 Å². The molecule has 6 heteroatoms. The Labute approximate surface area is 140 Å². The first-order valence-electron chi connectivity index (χ1n) is 8.73. The van der Waals surface area contributed by atoms with Crippen LogP contribution in [0.25, 0.3) is 0 Å². The average molecular weight is 321 g/mol. The van der Waals surface area contributed by atoms with Gasteiger partial charge in [0.05, 0.1) is 0 Å². The first-order valence-corrected chi connectivity index (χ1v) is 8.73. The summed E-state index contributed by atoms with van der Waals surface area (Å²) < 4.78 is 0. The fourth-order valence-electron chi connectivity index (χ4n) is 2.73. The molecule has 0 unspecified atom stereocenters. The molecule has 6 nitrogen and oxygen atoms in total. The van der Waals surface area contributed by atoms with Crippen LogP contribution in [0.1, 0.15) is 33.1 Å². The number of hydrogen-bond acceptors (Lipinski definition) is 5. The normalized spacial score (nSPS) is 16.3. The van der Waals surface area contributed by atoms with Gasteiger partial charge in [-0.3, -0.25) is 9.69 Å². The molecular formula is C17H31N5O. The molecule has 23 heavy (non-hydrogen) atoms. The molecule has 1 heterocycles. The zero-order chi connectivity index (χ0) is 17.1. The van der Waals surface area contributed by atoms with E-state index in [4.69, 9.17) is 5.73 Å². The Morgan fingerprint density at radius 2 is 1.91 bits per heavy atom. The third-order valence-electron chi connectivity index (χ3n) is 4.08. The molecule has 0 radical (unpaired) electrons. The average Bonchev–Trinajstić information content (AvgIpc) is 2.57. The second-order valence-corrected chi connectivity index (χ2v) is 5.97. The minimum atomic E-state index is -0.141. The highest BCUT2D eigenvalue weighted by Crippen LogP contribution is 2.09. The lowest BCUT2D eigenvalue weighted by Crippen LogP contribution is -2.50. The molecule has 0 aromatic heterocycles. The number of nitrogens with zero attached hydrogens (tertiary/aromatic N) is 4. The summed E-state index contributed by atoms with van der Waals surface area (Å²) in [6.45, 7) is 10.5. The summed E-state index contributed by atoms with van der Waals surface area (Å²) in [4.78, 5) is 18.7. The maximum atomic E-state index is 12.6. The van der Waals surface area contributed by atoms with E-state index in [0.29, 0.717) is 19.6 Å². The third-order valence-corrected chi connectivity index (χ3v) is 4.08. The minimum absolute atomic E-state index is 0.141. The van der Waals surface area contributed by atoms with Gasteiger partial charge in [0.2, 0.25) is 0 Å². The topological polar surface area (TPSA) is 76.6 Å². The molecule has 1 aliphatic heterocycles. The molecule has 0 aromatic carbocycles. The van der Waals surface area contributed by atoms with E-state index in [1.807, 2.05) is 0 Å². The van der Waals surface area contributed by atoms with Crippen molar-refractivity contribution in [2.45, 2.75) is 33.1 Å². The largest absolute Gasteiger partial charge is 0.376 e. The Morgan fingerprint density at radius 3 is 2.43 bits per heavy atom. The summed E-state index contributed by atoms with van der Waals surface area (Å²) in [5.41, 5.74) is 5.82. The zero-order valence-electron chi connectivity index (χ0n) is 14.6. The smallest absolute Gasteiger partial charge is 0.266 e. The Hall–Kier alpha value is -1.58. The number of carbonyl (C=O) groups is 1. The van der Waals surface area contributed by atoms with Crippen LogP contribution in [0.5, 0.6) is 0 Å². The summed E-state index contributed by atoms with van der Waals surface area (Å²) in [5.74, 6) is -0.141. The van der Waals surface area contributed by atoms with Crippen LogP contribution in [0.2, 0.25) is 0 Å². The molecule has 0 aliphatic carbocycles. The maximum Gasteiger partial charge on any atom is 0.266 e. The number of amides is 1. The van der Waals surface area contributed by atoms with Gasteiger partial charge in [0.15, 0.2) is 0 Å². The van der Waals surface area contributed by atoms with Gasteiger partial charge in [-0.25, -0.2) is 0 Å². The molecule has 130 valence electrons. The summed E-state index contributed by atoms with van der Waals surface area (Å²) >= 11 is 0. The molecule has 0 bridgehead atoms. The van der Waals surface area contributed by atoms with Crippen LogP contribution in [-0.2, 0) is 4.79 Å². The molecule has 1 rings (SSSR count). The molecule has 0 atom stereocenters. The van der Waals surface area contributed by atoms with Crippen LogP contribution in [0.15, 0.2) is 11.8 Å². The first-order chi connectivity index (χ1) is 11.2. The van der Waals surface area contributed by atoms with Crippen molar-refractivity contribution in [1.29, 1.82) is 5.26 Å². The Balaban J connectivity index is 2.66. The van der Waals surface area contributed by atoms with Gasteiger partial charge in [-0.05, 0) is 12.8 Å². The van der Waals surface area contributed by atoms with Crippen LogP contribution < -0.4 is 5.73 Å². The highest BCUT2D eigenvalue weighted by molar-refractivity contribution is 5.97. The summed E-state index contributed by atoms with van der Waals surface area (Å²) in [5, 5.41) is 9.39. The van der Waals surface area contributed by atoms with Gasteiger partial charge in [-0.2, -0.15) is 5.26 Å². The molecule has 0 spiro atoms. The Morgan fingerprint density at radius 1 is 1.22 bits per heavy atom. The number of piperazine rings is 1. The molecule has 1 fully saturated rings. The second kappa shape index (κ2) is 11.0. The highest BCUT2D eigenvalue weighted by atomic mass is 16.2. The number of carbonyl (C=O) groups excluding carboxylic acids is 1. The van der Waals surface area contributed by atoms with Crippen molar-refractivity contribution in [3.8, 4) is 6.07 Å². The first kappa shape index (κ1) is 19.5. The fourth-order valence-corrected chi connectivity index (χ4v) is 2.73. The van der Waals surface area contributed by atoms with Crippen molar-refractivity contribution < 1.29 is 4.79 Å². The SMILES string of the molecule is CCCCN(/C=C(/C#N)C(=O)N1CCN(CCN)CC1)CCC. The second-order valence-electron chi connectivity index (χ2n) is 5.97. The van der Waals surface area contributed by atoms with Gasteiger partial charge in [0.1, 0.15) is 11.6 Å². The van der Waals surface area contributed by atoms with E-state index in [-0.39, 0.29) is 11.5 Å². The van der Waals surface area contributed by atoms with Crippen LogP contribution >= 0.6 is 0 Å². The summed E-state index contributed by atoms with van der Waals surface area (Å²) in [6, 6.07) is 2.10. The fraction of sp³-hybridized carbons (Fsp3) is 0.765. The molecule has 0 saturated carbocycles. The molecule has 2 N–H and O–H groups in total. The minimum Gasteiger partial charge on any atom is -0.376 e. The number of hydrogen-bond donors (Lipinski definition) is 1. The number of nitrogens with two attached hydrogens (primary N) is 1. The van der Waals surface area contributed by atoms with E-state index in [2.05, 4.69) is 29.7 Å². The van der Waals surface area contributed by atoms with E-state index in [1.54, 1.807) is 11.1 Å². The van der Waals surface area contributed by atoms with E-state index in [0.717, 1.165) is 52.0 Å². The van der Waals surface area contributed by atoms with E-state index >= 15 is 0 Å². The van der Waals surface area contributed by atoms with Crippen molar-refractivity contribution in [3.05, 3.63) is 11.8 Å². The number of nitriles is 1. The van der Waals surface area contributed by atoms with Gasteiger partial charge in [-0.1, -0.05) is 20.3 Å². The van der Waals surface area contributed by atoms with E-state index in [1.165, 1.54) is 0 Å². The van der Waals surface area contributed by atoms with Gasteiger partial charge < -0.3 is 15.5 Å². The summed E-state index contributed by atoms with van der Waals surface area (Å²) in [6.07, 6.45) is 4.94. The van der Waals surface area contributed by atoms with Crippen molar-refractivity contribution in [2.24, 2.45) is 5.73 Å². The maximum absolute atomic E-state index is 12.6. The van der Waals surface area contributed by atoms with Gasteiger partial charge in [0.25, 0.3) is 5.91 Å². The monoisotopic (exact) mass is 321 g/mol. The van der Waals surface area contributed by atoms with Gasteiger partial charge >= 0.3 is 0 Å². The van der Waals surface area contributed by atoms with E-state index < -0.39 is 0 Å². The lowest BCUT2D eigenvalue weighted by atomic mass is 10.2. The van der Waals surface area contributed by atoms with Crippen molar-refractivity contribution in [1.82, 2.24) is 14.7 Å². The third kappa shape index (κ3) is 6.59. The standard InChI is InChI=1S/C17H31N5O/c1-3-5-8-21(7-4-2)15-16(14-19)17(23)22-12-10-20(9-6-18)11-13-22/h15H,3-13,18H2,1-2H3/b16-15-. The molecule has 1 aliphatic rings. The van der Waals surface area contributed by atoms with Crippen LogP contribution in [-0.4, -0.2) is 73.0 Å². The Kier molecular flexibility index (Phi) is 9.34. The Bertz CT molecular complexity index is 421. The van der Waals surface area contributed by atoms with Crippen LogP contribution in [0.3, 0.4) is 0 Å². The quantitative estimate of drug-likeness (QED) is 0.506. The predicted octanol–water partition coefficient (Wildman–Crippen LogP) is 1.01. The predicted molar refractivity (Wildman–Crippen MR) is 92.5 cm³/mol. The lowest BCUT2D eigenvalue weighted by Gasteiger charge is -2.34. The van der Waals surface area contributed by atoms with Gasteiger partial charge in [-0.15, -0.1) is 0 Å². The van der Waals surface area contributed by atoms with Crippen molar-refractivity contribution in [3.63, 3.8) is 0 Å². The summed E-state index contributed by atoms with van der Waals surface area (Å²) in [7, 11) is 0. The molecule has 1 saturated heterocycles. The molecule has 0 aromatic rings. The number of rotatable bonds is 9. The van der Waals surface area contributed by atoms with Crippen LogP contribution in [0.4, 0.5) is 0 Å². The van der Waals surface area contributed by atoms with E-state index in [9.17, 15) is 10.1 Å². The highest BCUT2D eigenvalue weighted by Gasteiger charge is 2.23. The molecular weight excluding hydrogens is 290 g/mol.